The van der Waals surface area contributed by atoms with Gasteiger partial charge in [0.05, 0.1) is 10.0 Å². The van der Waals surface area contributed by atoms with E-state index in [1.165, 1.54) is 18.2 Å². The van der Waals surface area contributed by atoms with Gasteiger partial charge in [-0.2, -0.15) is 0 Å². The molecule has 6 heteroatoms. The number of carbonyl (C=O) groups excluding carboxylic acids is 1. The smallest absolute Gasteiger partial charge is 0.320 e. The van der Waals surface area contributed by atoms with Crippen LogP contribution in [0.25, 0.3) is 0 Å². The average molecular weight is 262 g/mol. The van der Waals surface area contributed by atoms with Gasteiger partial charge in [0.1, 0.15) is 6.04 Å². The summed E-state index contributed by atoms with van der Waals surface area (Å²) in [6, 6.07) is 3.14. The van der Waals surface area contributed by atoms with Crippen LogP contribution in [0.1, 0.15) is 16.8 Å². The standard InChI is InChI=1S/C10H9Cl2NO3/c11-6-2-1-5(3-7(6)12)9(14)4-8(13)10(15)16/h1-3,8H,4,13H2,(H,15,16)/t8-/m0/s1. The van der Waals surface area contributed by atoms with Gasteiger partial charge >= 0.3 is 5.97 Å². The van der Waals surface area contributed by atoms with Gasteiger partial charge in [0.2, 0.25) is 0 Å². The van der Waals surface area contributed by atoms with Gasteiger partial charge in [-0.1, -0.05) is 23.2 Å². The second kappa shape index (κ2) is 5.30. The molecule has 0 amide bonds. The number of aliphatic carboxylic acids is 1. The van der Waals surface area contributed by atoms with Crippen LogP contribution in [0.3, 0.4) is 0 Å². The predicted octanol–water partition coefficient (Wildman–Crippen LogP) is 1.98. The van der Waals surface area contributed by atoms with Gasteiger partial charge in [-0.25, -0.2) is 0 Å². The zero-order valence-electron chi connectivity index (χ0n) is 8.11. The van der Waals surface area contributed by atoms with Crippen molar-refractivity contribution in [3.05, 3.63) is 33.8 Å². The minimum atomic E-state index is -1.21. The van der Waals surface area contributed by atoms with Crippen LogP contribution in [0.4, 0.5) is 0 Å². The van der Waals surface area contributed by atoms with Gasteiger partial charge in [-0.15, -0.1) is 0 Å². The van der Waals surface area contributed by atoms with Crippen LogP contribution in [-0.4, -0.2) is 22.9 Å². The molecule has 0 unspecified atom stereocenters. The molecule has 1 rings (SSSR count). The Labute approximate surface area is 102 Å². The van der Waals surface area contributed by atoms with Crippen LogP contribution in [-0.2, 0) is 4.79 Å². The van der Waals surface area contributed by atoms with Crippen molar-refractivity contribution in [3.63, 3.8) is 0 Å². The Morgan fingerprint density at radius 2 is 1.94 bits per heavy atom. The monoisotopic (exact) mass is 261 g/mol. The maximum absolute atomic E-state index is 11.6. The van der Waals surface area contributed by atoms with Crippen molar-refractivity contribution in [3.8, 4) is 0 Å². The molecule has 0 spiro atoms. The summed E-state index contributed by atoms with van der Waals surface area (Å²) in [6.07, 6.45) is -0.271. The third-order valence-electron chi connectivity index (χ3n) is 1.96. The SMILES string of the molecule is N[C@@H](CC(=O)c1ccc(Cl)c(Cl)c1)C(=O)O. The van der Waals surface area contributed by atoms with Crippen molar-refractivity contribution >= 4 is 35.0 Å². The van der Waals surface area contributed by atoms with E-state index in [-0.39, 0.29) is 17.2 Å². The van der Waals surface area contributed by atoms with E-state index in [1.807, 2.05) is 0 Å². The number of carboxylic acids is 1. The van der Waals surface area contributed by atoms with Crippen LogP contribution >= 0.6 is 23.2 Å². The Kier molecular flexibility index (Phi) is 4.29. The number of benzene rings is 1. The largest absolute Gasteiger partial charge is 0.480 e. The molecule has 0 bridgehead atoms. The second-order valence-corrected chi connectivity index (χ2v) is 4.02. The fourth-order valence-corrected chi connectivity index (χ4v) is 1.37. The average Bonchev–Trinajstić information content (AvgIpc) is 2.21. The second-order valence-electron chi connectivity index (χ2n) is 3.20. The van der Waals surface area contributed by atoms with Crippen LogP contribution in [0.5, 0.6) is 0 Å². The van der Waals surface area contributed by atoms with Gasteiger partial charge in [0.15, 0.2) is 5.78 Å². The van der Waals surface area contributed by atoms with E-state index in [4.69, 9.17) is 34.0 Å². The molecule has 1 atom stereocenters. The van der Waals surface area contributed by atoms with Crippen molar-refractivity contribution in [1.29, 1.82) is 0 Å². The molecule has 0 saturated heterocycles. The number of carboxylic acid groups (broad SMARTS) is 1. The first kappa shape index (κ1) is 13.0. The minimum absolute atomic E-state index is 0.247. The van der Waals surface area contributed by atoms with Crippen LogP contribution in [0.15, 0.2) is 18.2 Å². The molecular formula is C10H9Cl2NO3. The highest BCUT2D eigenvalue weighted by molar-refractivity contribution is 6.42. The third kappa shape index (κ3) is 3.20. The Morgan fingerprint density at radius 1 is 1.31 bits per heavy atom. The minimum Gasteiger partial charge on any atom is -0.480 e. The lowest BCUT2D eigenvalue weighted by molar-refractivity contribution is -0.138. The lowest BCUT2D eigenvalue weighted by atomic mass is 10.0. The van der Waals surface area contributed by atoms with Gasteiger partial charge < -0.3 is 10.8 Å². The van der Waals surface area contributed by atoms with Crippen molar-refractivity contribution < 1.29 is 14.7 Å². The van der Waals surface area contributed by atoms with Crippen molar-refractivity contribution in [2.45, 2.75) is 12.5 Å². The summed E-state index contributed by atoms with van der Waals surface area (Å²) < 4.78 is 0. The first-order valence-corrected chi connectivity index (χ1v) is 5.14. The molecule has 0 aliphatic heterocycles. The summed E-state index contributed by atoms with van der Waals surface area (Å²) in [4.78, 5) is 22.0. The number of Topliss-reactive ketones (excluding diaryl/α,β-unsaturated/α-hetero) is 1. The lowest BCUT2D eigenvalue weighted by Crippen LogP contribution is -2.32. The van der Waals surface area contributed by atoms with E-state index in [0.29, 0.717) is 10.6 Å². The highest BCUT2D eigenvalue weighted by Gasteiger charge is 2.17. The summed E-state index contributed by atoms with van der Waals surface area (Å²) in [5.74, 6) is -1.60. The van der Waals surface area contributed by atoms with Crippen molar-refractivity contribution in [2.24, 2.45) is 5.73 Å². The fraction of sp³-hybridized carbons (Fsp3) is 0.200. The maximum atomic E-state index is 11.6. The van der Waals surface area contributed by atoms with Gasteiger partial charge in [-0.05, 0) is 18.2 Å². The Hall–Kier alpha value is -1.10. The lowest BCUT2D eigenvalue weighted by Gasteiger charge is -2.06. The quantitative estimate of drug-likeness (QED) is 0.813. The number of hydrogen-bond donors (Lipinski definition) is 2. The summed E-state index contributed by atoms with van der Waals surface area (Å²) in [6.45, 7) is 0. The van der Waals surface area contributed by atoms with E-state index < -0.39 is 12.0 Å². The number of hydrogen-bond acceptors (Lipinski definition) is 3. The first-order chi connectivity index (χ1) is 7.41. The van der Waals surface area contributed by atoms with Gasteiger partial charge in [0.25, 0.3) is 0 Å². The topological polar surface area (TPSA) is 80.4 Å². The highest BCUT2D eigenvalue weighted by Crippen LogP contribution is 2.23. The van der Waals surface area contributed by atoms with Crippen molar-refractivity contribution in [2.75, 3.05) is 0 Å². The van der Waals surface area contributed by atoms with E-state index >= 15 is 0 Å². The number of halogens is 2. The molecule has 0 aromatic heterocycles. The summed E-state index contributed by atoms with van der Waals surface area (Å²) in [5.41, 5.74) is 5.54. The van der Waals surface area contributed by atoms with Gasteiger partial charge in [0, 0.05) is 12.0 Å². The van der Waals surface area contributed by atoms with E-state index in [0.717, 1.165) is 0 Å². The van der Waals surface area contributed by atoms with Crippen LogP contribution < -0.4 is 5.73 Å². The highest BCUT2D eigenvalue weighted by atomic mass is 35.5. The molecule has 1 aromatic rings. The number of carbonyl (C=O) groups is 2. The van der Waals surface area contributed by atoms with E-state index in [1.54, 1.807) is 0 Å². The Balaban J connectivity index is 2.81. The molecule has 86 valence electrons. The van der Waals surface area contributed by atoms with Crippen LogP contribution in [0, 0.1) is 0 Å². The predicted molar refractivity (Wildman–Crippen MR) is 61.0 cm³/mol. The number of nitrogens with two attached hydrogens (primary N) is 1. The third-order valence-corrected chi connectivity index (χ3v) is 2.70. The molecule has 0 radical (unpaired) electrons. The first-order valence-electron chi connectivity index (χ1n) is 4.38. The zero-order chi connectivity index (χ0) is 12.3. The Bertz CT molecular complexity index is 434. The number of ketones is 1. The zero-order valence-corrected chi connectivity index (χ0v) is 9.63. The molecule has 0 aliphatic carbocycles. The van der Waals surface area contributed by atoms with Crippen molar-refractivity contribution in [1.82, 2.24) is 0 Å². The summed E-state index contributed by atoms with van der Waals surface area (Å²) >= 11 is 11.4. The maximum Gasteiger partial charge on any atom is 0.320 e. The molecular weight excluding hydrogens is 253 g/mol. The Morgan fingerprint density at radius 3 is 2.44 bits per heavy atom. The molecule has 0 fully saturated rings. The van der Waals surface area contributed by atoms with Crippen LogP contribution in [0.2, 0.25) is 10.0 Å². The van der Waals surface area contributed by atoms with E-state index in [2.05, 4.69) is 0 Å². The molecule has 3 N–H and O–H groups in total. The fourth-order valence-electron chi connectivity index (χ4n) is 1.07. The van der Waals surface area contributed by atoms with Gasteiger partial charge in [-0.3, -0.25) is 9.59 Å². The number of rotatable bonds is 4. The molecule has 1 aromatic carbocycles. The molecule has 16 heavy (non-hydrogen) atoms. The molecule has 4 nitrogen and oxygen atoms in total. The summed E-state index contributed by atoms with van der Waals surface area (Å²) in [5, 5.41) is 9.13. The molecule has 0 heterocycles. The normalized spacial score (nSPS) is 12.2. The molecule has 0 aliphatic rings. The molecule has 0 saturated carbocycles. The summed E-state index contributed by atoms with van der Waals surface area (Å²) in [7, 11) is 0. The van der Waals surface area contributed by atoms with E-state index in [9.17, 15) is 9.59 Å².